The third kappa shape index (κ3) is 5.47. The monoisotopic (exact) mass is 398 g/mol. The summed E-state index contributed by atoms with van der Waals surface area (Å²) >= 11 is 1.35. The van der Waals surface area contributed by atoms with E-state index in [1.807, 2.05) is 31.9 Å². The van der Waals surface area contributed by atoms with Gasteiger partial charge >= 0.3 is 0 Å². The molecule has 1 heterocycles. The fourth-order valence-electron chi connectivity index (χ4n) is 3.40. The number of benzene rings is 1. The Balaban J connectivity index is 2.10. The van der Waals surface area contributed by atoms with Crippen LogP contribution in [0, 0.1) is 5.92 Å². The number of nitrogens with one attached hydrogen (secondary N) is 1. The minimum Gasteiger partial charge on any atom is -0.341 e. The number of sulfone groups is 1. The molecule has 0 saturated carbocycles. The average molecular weight is 399 g/mol. The van der Waals surface area contributed by atoms with Gasteiger partial charge in [-0.1, -0.05) is 19.1 Å². The fraction of sp³-hybridized carbons (Fsp3) is 0.632. The number of rotatable bonds is 8. The molecule has 1 aliphatic heterocycles. The molecule has 1 fully saturated rings. The van der Waals surface area contributed by atoms with Crippen molar-refractivity contribution in [3.05, 3.63) is 24.3 Å². The molecule has 5 nitrogen and oxygen atoms in total. The summed E-state index contributed by atoms with van der Waals surface area (Å²) < 4.78 is 25.0. The van der Waals surface area contributed by atoms with Crippen molar-refractivity contribution in [2.45, 2.75) is 48.2 Å². The van der Waals surface area contributed by atoms with E-state index in [4.69, 9.17) is 0 Å². The summed E-state index contributed by atoms with van der Waals surface area (Å²) in [5.41, 5.74) is 0. The Labute approximate surface area is 161 Å². The molecule has 146 valence electrons. The summed E-state index contributed by atoms with van der Waals surface area (Å²) in [6.07, 6.45) is 2.75. The van der Waals surface area contributed by atoms with E-state index in [0.717, 1.165) is 32.5 Å². The minimum atomic E-state index is -3.31. The first-order chi connectivity index (χ1) is 12.4. The number of nitrogens with zero attached hydrogens (tertiary/aromatic N) is 1. The number of carbonyl (C=O) groups excluding carboxylic acids is 1. The van der Waals surface area contributed by atoms with Gasteiger partial charge < -0.3 is 10.2 Å². The molecule has 1 saturated heterocycles. The van der Waals surface area contributed by atoms with E-state index in [9.17, 15) is 13.2 Å². The number of thioether (sulfide) groups is 1. The van der Waals surface area contributed by atoms with Crippen molar-refractivity contribution >= 4 is 27.5 Å². The van der Waals surface area contributed by atoms with Gasteiger partial charge in [-0.15, -0.1) is 11.8 Å². The molecule has 1 N–H and O–H groups in total. The molecule has 0 bridgehead atoms. The van der Waals surface area contributed by atoms with Crippen LogP contribution >= 0.6 is 11.8 Å². The van der Waals surface area contributed by atoms with Gasteiger partial charge in [0.1, 0.15) is 0 Å². The number of carbonyl (C=O) groups is 1. The number of piperidine rings is 1. The second-order valence-corrected chi connectivity index (χ2v) is 10.3. The smallest absolute Gasteiger partial charge is 0.235 e. The molecule has 1 aromatic rings. The van der Waals surface area contributed by atoms with Crippen LogP contribution in [0.3, 0.4) is 0 Å². The molecule has 2 rings (SSSR count). The Kier molecular flexibility index (Phi) is 7.98. The first kappa shape index (κ1) is 21.3. The first-order valence-corrected chi connectivity index (χ1v) is 11.8. The van der Waals surface area contributed by atoms with Crippen molar-refractivity contribution in [3.8, 4) is 0 Å². The number of hydrogen-bond acceptors (Lipinski definition) is 5. The maximum atomic E-state index is 12.9. The van der Waals surface area contributed by atoms with Crippen molar-refractivity contribution in [2.24, 2.45) is 5.92 Å². The third-order valence-corrected chi connectivity index (χ3v) is 7.90. The van der Waals surface area contributed by atoms with Crippen LogP contribution in [0.15, 0.2) is 34.1 Å². The van der Waals surface area contributed by atoms with E-state index in [1.54, 1.807) is 18.2 Å². The summed E-state index contributed by atoms with van der Waals surface area (Å²) in [5, 5.41) is 2.89. The lowest BCUT2D eigenvalue weighted by Gasteiger charge is -2.34. The average Bonchev–Trinajstić information content (AvgIpc) is 2.62. The van der Waals surface area contributed by atoms with Crippen molar-refractivity contribution in [1.29, 1.82) is 0 Å². The Hall–Kier alpha value is -1.05. The van der Waals surface area contributed by atoms with Crippen LogP contribution in [0.25, 0.3) is 0 Å². The quantitative estimate of drug-likeness (QED) is 0.682. The SMILES string of the molecule is CCCS(=O)(=O)c1ccccc1SC(C)C(=O)N1CCCC(CNC)C1. The summed E-state index contributed by atoms with van der Waals surface area (Å²) in [7, 11) is -1.37. The molecule has 7 heteroatoms. The van der Waals surface area contributed by atoms with Gasteiger partial charge in [0.2, 0.25) is 5.91 Å². The molecule has 2 unspecified atom stereocenters. The zero-order valence-corrected chi connectivity index (χ0v) is 17.5. The zero-order chi connectivity index (χ0) is 19.2. The number of likely N-dealkylation sites (tertiary alicyclic amines) is 1. The highest BCUT2D eigenvalue weighted by Crippen LogP contribution is 2.32. The van der Waals surface area contributed by atoms with Crippen LogP contribution in [-0.2, 0) is 14.6 Å². The molecule has 1 aliphatic rings. The lowest BCUT2D eigenvalue weighted by molar-refractivity contribution is -0.132. The van der Waals surface area contributed by atoms with E-state index in [1.165, 1.54) is 11.8 Å². The molecule has 0 radical (unpaired) electrons. The van der Waals surface area contributed by atoms with Crippen LogP contribution in [0.2, 0.25) is 0 Å². The zero-order valence-electron chi connectivity index (χ0n) is 15.9. The summed E-state index contributed by atoms with van der Waals surface area (Å²) in [6.45, 7) is 6.22. The van der Waals surface area contributed by atoms with Crippen molar-refractivity contribution in [1.82, 2.24) is 10.2 Å². The fourth-order valence-corrected chi connectivity index (χ4v) is 6.32. The Bertz CT molecular complexity index is 704. The van der Waals surface area contributed by atoms with Crippen LogP contribution in [-0.4, -0.2) is 56.9 Å². The molecule has 0 aliphatic carbocycles. The van der Waals surface area contributed by atoms with Crippen molar-refractivity contribution in [2.75, 3.05) is 32.4 Å². The summed E-state index contributed by atoms with van der Waals surface area (Å²) in [6, 6.07) is 7.02. The highest BCUT2D eigenvalue weighted by molar-refractivity contribution is 8.01. The second-order valence-electron chi connectivity index (χ2n) is 6.88. The van der Waals surface area contributed by atoms with Crippen molar-refractivity contribution < 1.29 is 13.2 Å². The first-order valence-electron chi connectivity index (χ1n) is 9.30. The Morgan fingerprint density at radius 1 is 1.38 bits per heavy atom. The number of amides is 1. The molecule has 1 aromatic carbocycles. The highest BCUT2D eigenvalue weighted by Gasteiger charge is 2.28. The van der Waals surface area contributed by atoms with E-state index < -0.39 is 9.84 Å². The maximum Gasteiger partial charge on any atom is 0.235 e. The largest absolute Gasteiger partial charge is 0.341 e. The summed E-state index contributed by atoms with van der Waals surface area (Å²) in [5.74, 6) is 0.718. The highest BCUT2D eigenvalue weighted by atomic mass is 32.2. The van der Waals surface area contributed by atoms with Crippen LogP contribution < -0.4 is 5.32 Å². The van der Waals surface area contributed by atoms with Crippen LogP contribution in [0.5, 0.6) is 0 Å². The van der Waals surface area contributed by atoms with Gasteiger partial charge in [0.15, 0.2) is 9.84 Å². The van der Waals surface area contributed by atoms with E-state index in [2.05, 4.69) is 5.32 Å². The molecule has 1 amide bonds. The van der Waals surface area contributed by atoms with E-state index in [0.29, 0.717) is 22.1 Å². The molecule has 2 atom stereocenters. The van der Waals surface area contributed by atoms with Crippen LogP contribution in [0.1, 0.15) is 33.1 Å². The molecular weight excluding hydrogens is 368 g/mol. The molecule has 0 aromatic heterocycles. The summed E-state index contributed by atoms with van der Waals surface area (Å²) in [4.78, 5) is 15.8. The normalized spacial score (nSPS) is 19.3. The predicted molar refractivity (Wildman–Crippen MR) is 107 cm³/mol. The topological polar surface area (TPSA) is 66.5 Å². The van der Waals surface area contributed by atoms with Gasteiger partial charge in [0.05, 0.1) is 15.9 Å². The van der Waals surface area contributed by atoms with E-state index in [-0.39, 0.29) is 16.9 Å². The second kappa shape index (κ2) is 9.76. The lowest BCUT2D eigenvalue weighted by atomic mass is 9.98. The van der Waals surface area contributed by atoms with Gasteiger partial charge in [-0.25, -0.2) is 8.42 Å². The predicted octanol–water partition coefficient (Wildman–Crippen LogP) is 2.81. The van der Waals surface area contributed by atoms with Gasteiger partial charge in [-0.05, 0) is 57.8 Å². The van der Waals surface area contributed by atoms with Gasteiger partial charge in [0, 0.05) is 18.0 Å². The molecule has 26 heavy (non-hydrogen) atoms. The third-order valence-electron chi connectivity index (χ3n) is 4.63. The van der Waals surface area contributed by atoms with E-state index >= 15 is 0 Å². The Morgan fingerprint density at radius 2 is 2.12 bits per heavy atom. The van der Waals surface area contributed by atoms with Gasteiger partial charge in [0.25, 0.3) is 0 Å². The standard InChI is InChI=1S/C19H30N2O3S2/c1-4-12-26(23,24)18-10-6-5-9-17(18)25-15(2)19(22)21-11-7-8-16(14-21)13-20-3/h5-6,9-10,15-16,20H,4,7-8,11-14H2,1-3H3. The lowest BCUT2D eigenvalue weighted by Crippen LogP contribution is -2.45. The van der Waals surface area contributed by atoms with Gasteiger partial charge in [-0.2, -0.15) is 0 Å². The molecule has 0 spiro atoms. The van der Waals surface area contributed by atoms with Crippen LogP contribution in [0.4, 0.5) is 0 Å². The minimum absolute atomic E-state index is 0.0958. The maximum absolute atomic E-state index is 12.9. The number of hydrogen-bond donors (Lipinski definition) is 1. The Morgan fingerprint density at radius 3 is 2.81 bits per heavy atom. The van der Waals surface area contributed by atoms with Crippen molar-refractivity contribution in [3.63, 3.8) is 0 Å². The van der Waals surface area contributed by atoms with Gasteiger partial charge in [-0.3, -0.25) is 4.79 Å². The molecular formula is C19H30N2O3S2.